The summed E-state index contributed by atoms with van der Waals surface area (Å²) in [6.45, 7) is 0. The molecule has 0 unspecified atom stereocenters. The topological polar surface area (TPSA) is 0 Å². The lowest BCUT2D eigenvalue weighted by Crippen LogP contribution is -1.79. The predicted molar refractivity (Wildman–Crippen MR) is 66.8 cm³/mol. The number of benzene rings is 2. The van der Waals surface area contributed by atoms with Crippen LogP contribution in [0.4, 0.5) is 0 Å². The average Bonchev–Trinajstić information content (AvgIpc) is 2.18. The molecule has 0 aromatic heterocycles. The van der Waals surface area contributed by atoms with Gasteiger partial charge < -0.3 is 0 Å². The zero-order chi connectivity index (χ0) is 9.97. The van der Waals surface area contributed by atoms with Gasteiger partial charge in [-0.25, -0.2) is 0 Å². The minimum Gasteiger partial charge on any atom is -0.143 e. The maximum absolute atomic E-state index is 4.43. The largest absolute Gasteiger partial charge is 0.143 e. The lowest BCUT2D eigenvalue weighted by molar-refractivity contribution is 1.45. The second-order valence-electron chi connectivity index (χ2n) is 3.03. The third kappa shape index (κ3) is 2.02. The summed E-state index contributed by atoms with van der Waals surface area (Å²) in [7, 11) is 0. The lowest BCUT2D eigenvalue weighted by Gasteiger charge is -2.04. The van der Waals surface area contributed by atoms with E-state index in [4.69, 9.17) is 0 Å². The molecule has 2 aromatic rings. The Morgan fingerprint density at radius 1 is 0.929 bits per heavy atom. The molecule has 0 atom stereocenters. The van der Waals surface area contributed by atoms with E-state index >= 15 is 0 Å². The first-order valence-corrected chi connectivity index (χ1v) is 5.55. The van der Waals surface area contributed by atoms with Crippen LogP contribution in [0.3, 0.4) is 0 Å². The van der Waals surface area contributed by atoms with Gasteiger partial charge in [-0.05, 0) is 29.3 Å². The molecule has 0 aliphatic carbocycles. The second kappa shape index (κ2) is 4.20. The first-order chi connectivity index (χ1) is 6.77. The molecular weight excluding hydrogens is 256 g/mol. The van der Waals surface area contributed by atoms with Crippen LogP contribution in [0.5, 0.6) is 0 Å². The van der Waals surface area contributed by atoms with E-state index in [0.29, 0.717) is 0 Å². The van der Waals surface area contributed by atoms with Crippen molar-refractivity contribution in [1.82, 2.24) is 0 Å². The molecule has 0 heterocycles. The Balaban J connectivity index is 2.55. The minimum atomic E-state index is 1.01. The fourth-order valence-corrected chi connectivity index (χ4v) is 2.06. The van der Waals surface area contributed by atoms with E-state index in [-0.39, 0.29) is 0 Å². The van der Waals surface area contributed by atoms with Crippen molar-refractivity contribution in [3.63, 3.8) is 0 Å². The highest BCUT2D eigenvalue weighted by Gasteiger charge is 2.00. The third-order valence-electron chi connectivity index (χ3n) is 2.04. The summed E-state index contributed by atoms with van der Waals surface area (Å²) in [5, 5.41) is 0. The molecule has 0 radical (unpaired) electrons. The van der Waals surface area contributed by atoms with E-state index in [9.17, 15) is 0 Å². The maximum Gasteiger partial charge on any atom is 0.0181 e. The molecule has 2 aromatic carbocycles. The van der Waals surface area contributed by atoms with E-state index in [1.54, 1.807) is 0 Å². The van der Waals surface area contributed by atoms with Gasteiger partial charge in [0.1, 0.15) is 0 Å². The first kappa shape index (κ1) is 9.81. The van der Waals surface area contributed by atoms with Crippen molar-refractivity contribution >= 4 is 28.6 Å². The van der Waals surface area contributed by atoms with Gasteiger partial charge in [-0.15, -0.1) is 12.6 Å². The Labute approximate surface area is 97.5 Å². The van der Waals surface area contributed by atoms with E-state index < -0.39 is 0 Å². The van der Waals surface area contributed by atoms with Crippen LogP contribution in [0.25, 0.3) is 11.1 Å². The van der Waals surface area contributed by atoms with Crippen LogP contribution in [0.2, 0.25) is 0 Å². The van der Waals surface area contributed by atoms with Crippen molar-refractivity contribution in [2.24, 2.45) is 0 Å². The highest BCUT2D eigenvalue weighted by Crippen LogP contribution is 2.27. The van der Waals surface area contributed by atoms with Gasteiger partial charge >= 0.3 is 0 Å². The number of hydrogen-bond acceptors (Lipinski definition) is 1. The van der Waals surface area contributed by atoms with Crippen LogP contribution < -0.4 is 0 Å². The standard InChI is InChI=1S/C12H9BrS/c13-10-5-3-4-9(8-10)11-6-1-2-7-12(11)14/h1-8,14H. The Bertz CT molecular complexity index is 452. The van der Waals surface area contributed by atoms with E-state index in [1.165, 1.54) is 5.56 Å². The molecule has 14 heavy (non-hydrogen) atoms. The number of halogens is 1. The van der Waals surface area contributed by atoms with Gasteiger partial charge in [0.2, 0.25) is 0 Å². The minimum absolute atomic E-state index is 1.01. The van der Waals surface area contributed by atoms with Crippen LogP contribution in [0, 0.1) is 0 Å². The molecular formula is C12H9BrS. The van der Waals surface area contributed by atoms with Crippen LogP contribution in [0.15, 0.2) is 57.9 Å². The van der Waals surface area contributed by atoms with Gasteiger partial charge in [0.25, 0.3) is 0 Å². The van der Waals surface area contributed by atoms with Gasteiger partial charge in [0.15, 0.2) is 0 Å². The zero-order valence-electron chi connectivity index (χ0n) is 7.44. The summed E-state index contributed by atoms with van der Waals surface area (Å²) >= 11 is 7.89. The monoisotopic (exact) mass is 264 g/mol. The van der Waals surface area contributed by atoms with Gasteiger partial charge in [-0.1, -0.05) is 46.3 Å². The van der Waals surface area contributed by atoms with Crippen LogP contribution in [0.1, 0.15) is 0 Å². The van der Waals surface area contributed by atoms with Crippen molar-refractivity contribution in [1.29, 1.82) is 0 Å². The Hall–Kier alpha value is -0.730. The van der Waals surface area contributed by atoms with Crippen molar-refractivity contribution in [2.75, 3.05) is 0 Å². The number of rotatable bonds is 1. The van der Waals surface area contributed by atoms with Crippen LogP contribution in [-0.2, 0) is 0 Å². The molecule has 2 rings (SSSR count). The summed E-state index contributed by atoms with van der Waals surface area (Å²) in [5.41, 5.74) is 2.35. The maximum atomic E-state index is 4.43. The fraction of sp³-hybridized carbons (Fsp3) is 0. The van der Waals surface area contributed by atoms with E-state index in [1.807, 2.05) is 30.3 Å². The van der Waals surface area contributed by atoms with Gasteiger partial charge in [-0.3, -0.25) is 0 Å². The molecule has 0 N–H and O–H groups in total. The highest BCUT2D eigenvalue weighted by atomic mass is 79.9. The second-order valence-corrected chi connectivity index (χ2v) is 4.42. The van der Waals surface area contributed by atoms with Crippen LogP contribution in [-0.4, -0.2) is 0 Å². The van der Waals surface area contributed by atoms with Crippen LogP contribution >= 0.6 is 28.6 Å². The summed E-state index contributed by atoms with van der Waals surface area (Å²) < 4.78 is 1.09. The predicted octanol–water partition coefficient (Wildman–Crippen LogP) is 4.40. The quantitative estimate of drug-likeness (QED) is 0.726. The molecule has 0 saturated carbocycles. The smallest absolute Gasteiger partial charge is 0.0181 e. The summed E-state index contributed by atoms with van der Waals surface area (Å²) in [4.78, 5) is 1.01. The van der Waals surface area contributed by atoms with Gasteiger partial charge in [0.05, 0.1) is 0 Å². The average molecular weight is 265 g/mol. The molecule has 0 aliphatic heterocycles. The van der Waals surface area contributed by atoms with E-state index in [0.717, 1.165) is 14.9 Å². The summed E-state index contributed by atoms with van der Waals surface area (Å²) in [6.07, 6.45) is 0. The molecule has 0 amide bonds. The van der Waals surface area contributed by atoms with Crippen molar-refractivity contribution in [2.45, 2.75) is 4.90 Å². The fourth-order valence-electron chi connectivity index (χ4n) is 1.37. The van der Waals surface area contributed by atoms with Crippen molar-refractivity contribution < 1.29 is 0 Å². The first-order valence-electron chi connectivity index (χ1n) is 4.31. The number of thiol groups is 1. The molecule has 0 spiro atoms. The Morgan fingerprint density at radius 2 is 1.71 bits per heavy atom. The van der Waals surface area contributed by atoms with Crippen molar-refractivity contribution in [3.8, 4) is 11.1 Å². The number of hydrogen-bond donors (Lipinski definition) is 1. The summed E-state index contributed by atoms with van der Waals surface area (Å²) in [6, 6.07) is 16.3. The molecule has 0 fully saturated rings. The lowest BCUT2D eigenvalue weighted by atomic mass is 10.1. The van der Waals surface area contributed by atoms with Crippen molar-refractivity contribution in [3.05, 3.63) is 53.0 Å². The van der Waals surface area contributed by atoms with Gasteiger partial charge in [0, 0.05) is 9.37 Å². The molecule has 70 valence electrons. The zero-order valence-corrected chi connectivity index (χ0v) is 9.92. The molecule has 2 heteroatoms. The SMILES string of the molecule is Sc1ccccc1-c1cccc(Br)c1. The Kier molecular flexibility index (Phi) is 2.94. The molecule has 0 bridgehead atoms. The normalized spacial score (nSPS) is 10.1. The molecule has 0 nitrogen and oxygen atoms in total. The van der Waals surface area contributed by atoms with E-state index in [2.05, 4.69) is 46.8 Å². The molecule has 0 saturated heterocycles. The van der Waals surface area contributed by atoms with Gasteiger partial charge in [-0.2, -0.15) is 0 Å². The third-order valence-corrected chi connectivity index (χ3v) is 2.92. The molecule has 0 aliphatic rings. The summed E-state index contributed by atoms with van der Waals surface area (Å²) in [5.74, 6) is 0. The highest BCUT2D eigenvalue weighted by molar-refractivity contribution is 9.10. The Morgan fingerprint density at radius 3 is 2.43 bits per heavy atom.